The number of fused-ring (bicyclic) bond motifs is 2. The van der Waals surface area contributed by atoms with Gasteiger partial charge in [0.05, 0.1) is 15.6 Å². The zero-order valence-electron chi connectivity index (χ0n) is 12.7. The SMILES string of the molecule is CC1(C)C2CCC1(C)C(NC(=O)c1c(Cl)cccc1Cl)C2. The van der Waals surface area contributed by atoms with Crippen LogP contribution in [0, 0.1) is 16.7 Å². The molecular weight excluding hydrogens is 305 g/mol. The van der Waals surface area contributed by atoms with Crippen LogP contribution in [-0.2, 0) is 0 Å². The number of rotatable bonds is 2. The molecule has 0 radical (unpaired) electrons. The minimum Gasteiger partial charge on any atom is -0.349 e. The van der Waals surface area contributed by atoms with Crippen molar-refractivity contribution >= 4 is 29.1 Å². The number of carbonyl (C=O) groups is 1. The Kier molecular flexibility index (Phi) is 3.53. The number of carbonyl (C=O) groups excluding carboxylic acids is 1. The molecule has 0 spiro atoms. The number of nitrogens with one attached hydrogen (secondary N) is 1. The molecule has 0 aromatic heterocycles. The smallest absolute Gasteiger partial charge is 0.254 e. The highest BCUT2D eigenvalue weighted by molar-refractivity contribution is 6.39. The van der Waals surface area contributed by atoms with Crippen molar-refractivity contribution in [2.24, 2.45) is 16.7 Å². The lowest BCUT2D eigenvalue weighted by atomic mass is 9.69. The molecule has 21 heavy (non-hydrogen) atoms. The van der Waals surface area contributed by atoms with Gasteiger partial charge in [-0.15, -0.1) is 0 Å². The van der Waals surface area contributed by atoms with Crippen molar-refractivity contribution < 1.29 is 4.79 Å². The van der Waals surface area contributed by atoms with Crippen LogP contribution in [0.25, 0.3) is 0 Å². The van der Waals surface area contributed by atoms with E-state index in [9.17, 15) is 4.79 Å². The van der Waals surface area contributed by atoms with Crippen molar-refractivity contribution in [2.45, 2.75) is 46.1 Å². The molecule has 2 aliphatic carbocycles. The molecule has 1 amide bonds. The summed E-state index contributed by atoms with van der Waals surface area (Å²) in [4.78, 5) is 12.6. The fourth-order valence-electron chi connectivity index (χ4n) is 4.37. The standard InChI is InChI=1S/C17H21Cl2NO/c1-16(2)10-7-8-17(16,3)13(9-10)20-15(21)14-11(18)5-4-6-12(14)19/h4-6,10,13H,7-9H2,1-3H3,(H,20,21). The summed E-state index contributed by atoms with van der Waals surface area (Å²) in [5.41, 5.74) is 0.820. The number of hydrogen-bond acceptors (Lipinski definition) is 1. The summed E-state index contributed by atoms with van der Waals surface area (Å²) in [5, 5.41) is 4.02. The van der Waals surface area contributed by atoms with E-state index >= 15 is 0 Å². The summed E-state index contributed by atoms with van der Waals surface area (Å²) >= 11 is 12.3. The molecule has 3 unspecified atom stereocenters. The van der Waals surface area contributed by atoms with Gasteiger partial charge in [-0.3, -0.25) is 4.79 Å². The maximum atomic E-state index is 12.6. The predicted octanol–water partition coefficient (Wildman–Crippen LogP) is 4.94. The average molecular weight is 326 g/mol. The Morgan fingerprint density at radius 2 is 1.86 bits per heavy atom. The molecule has 114 valence electrons. The fraction of sp³-hybridized carbons (Fsp3) is 0.588. The monoisotopic (exact) mass is 325 g/mol. The van der Waals surface area contributed by atoms with Crippen molar-refractivity contribution in [3.8, 4) is 0 Å². The Balaban J connectivity index is 1.84. The molecule has 2 bridgehead atoms. The highest BCUT2D eigenvalue weighted by Crippen LogP contribution is 2.65. The first-order valence-electron chi connectivity index (χ1n) is 7.52. The molecule has 2 nitrogen and oxygen atoms in total. The van der Waals surface area contributed by atoms with Crippen molar-refractivity contribution in [3.63, 3.8) is 0 Å². The first-order chi connectivity index (χ1) is 9.77. The van der Waals surface area contributed by atoms with E-state index in [0.29, 0.717) is 21.5 Å². The Hall–Kier alpha value is -0.730. The number of halogens is 2. The Morgan fingerprint density at radius 1 is 1.24 bits per heavy atom. The van der Waals surface area contributed by atoms with Crippen LogP contribution in [0.5, 0.6) is 0 Å². The molecule has 3 rings (SSSR count). The van der Waals surface area contributed by atoms with E-state index in [2.05, 4.69) is 26.1 Å². The largest absolute Gasteiger partial charge is 0.349 e. The van der Waals surface area contributed by atoms with Gasteiger partial charge in [0.25, 0.3) is 5.91 Å². The summed E-state index contributed by atoms with van der Waals surface area (Å²) in [6.07, 6.45) is 3.49. The van der Waals surface area contributed by atoms with Gasteiger partial charge in [-0.2, -0.15) is 0 Å². The van der Waals surface area contributed by atoms with E-state index in [1.54, 1.807) is 18.2 Å². The third-order valence-corrected chi connectivity index (χ3v) is 6.92. The van der Waals surface area contributed by atoms with Gasteiger partial charge >= 0.3 is 0 Å². The Labute approximate surface area is 136 Å². The van der Waals surface area contributed by atoms with Crippen molar-refractivity contribution in [2.75, 3.05) is 0 Å². The van der Waals surface area contributed by atoms with E-state index in [0.717, 1.165) is 6.42 Å². The first kappa shape index (κ1) is 15.2. The van der Waals surface area contributed by atoms with Crippen molar-refractivity contribution in [3.05, 3.63) is 33.8 Å². The summed E-state index contributed by atoms with van der Waals surface area (Å²) in [6.45, 7) is 6.97. The highest BCUT2D eigenvalue weighted by Gasteiger charge is 2.61. The van der Waals surface area contributed by atoms with E-state index in [1.807, 2.05) is 0 Å². The van der Waals surface area contributed by atoms with Crippen LogP contribution < -0.4 is 5.32 Å². The molecule has 1 N–H and O–H groups in total. The first-order valence-corrected chi connectivity index (χ1v) is 8.28. The maximum Gasteiger partial charge on any atom is 0.254 e. The lowest BCUT2D eigenvalue weighted by Gasteiger charge is -2.39. The molecular formula is C17H21Cl2NO. The van der Waals surface area contributed by atoms with Gasteiger partial charge in [-0.25, -0.2) is 0 Å². The quantitative estimate of drug-likeness (QED) is 0.819. The zero-order chi connectivity index (χ0) is 15.4. The minimum absolute atomic E-state index is 0.153. The van der Waals surface area contributed by atoms with Crippen LogP contribution in [0.1, 0.15) is 50.4 Å². The van der Waals surface area contributed by atoms with Crippen LogP contribution in [0.4, 0.5) is 0 Å². The van der Waals surface area contributed by atoms with Crippen LogP contribution in [0.15, 0.2) is 18.2 Å². The van der Waals surface area contributed by atoms with E-state index in [4.69, 9.17) is 23.2 Å². The summed E-state index contributed by atoms with van der Waals surface area (Å²) in [7, 11) is 0. The van der Waals surface area contributed by atoms with Gasteiger partial charge in [0.2, 0.25) is 0 Å². The van der Waals surface area contributed by atoms with Crippen LogP contribution in [-0.4, -0.2) is 11.9 Å². The number of hydrogen-bond donors (Lipinski definition) is 1. The van der Waals surface area contributed by atoms with E-state index in [1.165, 1.54) is 12.8 Å². The normalized spacial score (nSPS) is 33.2. The maximum absolute atomic E-state index is 12.6. The molecule has 2 aliphatic rings. The summed E-state index contributed by atoms with van der Waals surface area (Å²) in [6, 6.07) is 5.36. The van der Waals surface area contributed by atoms with E-state index in [-0.39, 0.29) is 22.8 Å². The third-order valence-electron chi connectivity index (χ3n) is 6.29. The predicted molar refractivity (Wildman–Crippen MR) is 86.9 cm³/mol. The van der Waals surface area contributed by atoms with Gasteiger partial charge in [0.15, 0.2) is 0 Å². The second-order valence-corrected chi connectivity index (χ2v) is 8.05. The van der Waals surface area contributed by atoms with Crippen molar-refractivity contribution in [1.82, 2.24) is 5.32 Å². The van der Waals surface area contributed by atoms with Gasteiger partial charge in [-0.1, -0.05) is 50.0 Å². The van der Waals surface area contributed by atoms with Gasteiger partial charge in [0.1, 0.15) is 0 Å². The van der Waals surface area contributed by atoms with Crippen molar-refractivity contribution in [1.29, 1.82) is 0 Å². The molecule has 0 heterocycles. The molecule has 2 fully saturated rings. The van der Waals surface area contributed by atoms with Gasteiger partial charge in [0, 0.05) is 6.04 Å². The van der Waals surface area contributed by atoms with Gasteiger partial charge in [-0.05, 0) is 48.1 Å². The van der Waals surface area contributed by atoms with Crippen LogP contribution in [0.2, 0.25) is 10.0 Å². The molecule has 1 aromatic rings. The molecule has 0 saturated heterocycles. The van der Waals surface area contributed by atoms with Crippen LogP contribution >= 0.6 is 23.2 Å². The highest BCUT2D eigenvalue weighted by atomic mass is 35.5. The topological polar surface area (TPSA) is 29.1 Å². The molecule has 3 atom stereocenters. The number of benzene rings is 1. The zero-order valence-corrected chi connectivity index (χ0v) is 14.2. The molecule has 1 aromatic carbocycles. The fourth-order valence-corrected chi connectivity index (χ4v) is 4.94. The van der Waals surface area contributed by atoms with Crippen LogP contribution in [0.3, 0.4) is 0 Å². The third kappa shape index (κ3) is 2.10. The number of amides is 1. The molecule has 0 aliphatic heterocycles. The molecule has 2 saturated carbocycles. The van der Waals surface area contributed by atoms with E-state index < -0.39 is 0 Å². The summed E-state index contributed by atoms with van der Waals surface area (Å²) in [5.74, 6) is 0.537. The lowest BCUT2D eigenvalue weighted by Crippen LogP contribution is -2.47. The Bertz CT molecular complexity index is 578. The van der Waals surface area contributed by atoms with Gasteiger partial charge < -0.3 is 5.32 Å². The second-order valence-electron chi connectivity index (χ2n) is 7.23. The molecule has 4 heteroatoms. The Morgan fingerprint density at radius 3 is 2.33 bits per heavy atom. The summed E-state index contributed by atoms with van der Waals surface area (Å²) < 4.78 is 0. The average Bonchev–Trinajstić information content (AvgIpc) is 2.71. The minimum atomic E-state index is -0.153. The second kappa shape index (κ2) is 4.89. The lowest BCUT2D eigenvalue weighted by molar-refractivity contribution is 0.0826.